The van der Waals surface area contributed by atoms with E-state index in [1.807, 2.05) is 0 Å². The van der Waals surface area contributed by atoms with Gasteiger partial charge < -0.3 is 0 Å². The van der Waals surface area contributed by atoms with E-state index in [1.165, 1.54) is 45.2 Å². The van der Waals surface area contributed by atoms with E-state index in [2.05, 4.69) is 24.5 Å². The van der Waals surface area contributed by atoms with Crippen molar-refractivity contribution in [2.45, 2.75) is 44.4 Å². The molecule has 1 heterocycles. The lowest BCUT2D eigenvalue weighted by Crippen LogP contribution is -2.27. The molecule has 0 aromatic carbocycles. The molecule has 0 radical (unpaired) electrons. The van der Waals surface area contributed by atoms with Crippen LogP contribution in [-0.2, 0) is 0 Å². The van der Waals surface area contributed by atoms with E-state index < -0.39 is 0 Å². The molecule has 2 heteroatoms. The van der Waals surface area contributed by atoms with Gasteiger partial charge >= 0.3 is 0 Å². The Hall–Kier alpha value is 0.310. The van der Waals surface area contributed by atoms with Crippen LogP contribution < -0.4 is 0 Å². The van der Waals surface area contributed by atoms with Crippen molar-refractivity contribution in [2.24, 2.45) is 5.41 Å². The first kappa shape index (κ1) is 8.89. The summed E-state index contributed by atoms with van der Waals surface area (Å²) >= 11 is 4.64. The number of thiol groups is 1. The first-order chi connectivity index (χ1) is 5.76. The fourth-order valence-corrected chi connectivity index (χ4v) is 3.56. The second-order valence-corrected chi connectivity index (χ2v) is 5.05. The van der Waals surface area contributed by atoms with Gasteiger partial charge in [0.05, 0.1) is 5.37 Å². The molecule has 2 fully saturated rings. The highest BCUT2D eigenvalue weighted by Gasteiger charge is 2.43. The first-order valence-electron chi connectivity index (χ1n) is 5.18. The zero-order chi connectivity index (χ0) is 8.60. The van der Waals surface area contributed by atoms with E-state index in [0.29, 0.717) is 10.8 Å². The molecule has 1 spiro atoms. The second-order valence-electron chi connectivity index (χ2n) is 4.45. The molecule has 1 saturated carbocycles. The van der Waals surface area contributed by atoms with Crippen LogP contribution >= 0.6 is 12.6 Å². The summed E-state index contributed by atoms with van der Waals surface area (Å²) in [6.07, 6.45) is 7.17. The second kappa shape index (κ2) is 3.22. The maximum absolute atomic E-state index is 4.64. The Kier molecular flexibility index (Phi) is 2.39. The van der Waals surface area contributed by atoms with Crippen LogP contribution in [0.3, 0.4) is 0 Å². The van der Waals surface area contributed by atoms with Gasteiger partial charge in [-0.1, -0.05) is 19.8 Å². The van der Waals surface area contributed by atoms with E-state index in [-0.39, 0.29) is 0 Å². The van der Waals surface area contributed by atoms with E-state index in [0.717, 1.165) is 0 Å². The van der Waals surface area contributed by atoms with E-state index in [9.17, 15) is 0 Å². The Labute approximate surface area is 80.9 Å². The van der Waals surface area contributed by atoms with Crippen LogP contribution in [0.2, 0.25) is 0 Å². The largest absolute Gasteiger partial charge is 0.291 e. The summed E-state index contributed by atoms with van der Waals surface area (Å²) in [7, 11) is 0. The fourth-order valence-electron chi connectivity index (χ4n) is 2.93. The molecule has 0 unspecified atom stereocenters. The van der Waals surface area contributed by atoms with Gasteiger partial charge in [0.2, 0.25) is 0 Å². The molecular formula is C10H19NS. The Bertz CT molecular complexity index is 163. The van der Waals surface area contributed by atoms with Crippen LogP contribution in [0.1, 0.15) is 39.0 Å². The molecule has 1 aliphatic carbocycles. The van der Waals surface area contributed by atoms with Crippen LogP contribution in [0.5, 0.6) is 0 Å². The minimum Gasteiger partial charge on any atom is -0.291 e. The van der Waals surface area contributed by atoms with Crippen molar-refractivity contribution in [1.29, 1.82) is 0 Å². The summed E-state index contributed by atoms with van der Waals surface area (Å²) in [5.74, 6) is 0. The number of hydrogen-bond donors (Lipinski definition) is 1. The van der Waals surface area contributed by atoms with Gasteiger partial charge in [0.1, 0.15) is 0 Å². The predicted octanol–water partition coefficient (Wildman–Crippen LogP) is 2.53. The van der Waals surface area contributed by atoms with E-state index >= 15 is 0 Å². The zero-order valence-corrected chi connectivity index (χ0v) is 8.82. The first-order valence-corrected chi connectivity index (χ1v) is 5.69. The molecule has 0 aromatic rings. The Balaban J connectivity index is 2.03. The van der Waals surface area contributed by atoms with E-state index in [1.54, 1.807) is 0 Å². The van der Waals surface area contributed by atoms with Crippen molar-refractivity contribution in [3.8, 4) is 0 Å². The average molecular weight is 185 g/mol. The van der Waals surface area contributed by atoms with Crippen molar-refractivity contribution >= 4 is 12.6 Å². The van der Waals surface area contributed by atoms with E-state index in [4.69, 9.17) is 0 Å². The summed E-state index contributed by atoms with van der Waals surface area (Å²) in [4.78, 5) is 2.52. The smallest absolute Gasteiger partial charge is 0.0533 e. The third-order valence-electron chi connectivity index (χ3n) is 3.65. The molecule has 1 saturated heterocycles. The van der Waals surface area contributed by atoms with Crippen LogP contribution in [0.15, 0.2) is 0 Å². The number of nitrogens with zero attached hydrogens (tertiary/aromatic N) is 1. The third kappa shape index (κ3) is 1.39. The van der Waals surface area contributed by atoms with Crippen LogP contribution in [0.25, 0.3) is 0 Å². The quantitative estimate of drug-likeness (QED) is 0.614. The normalized spacial score (nSPS) is 35.0. The molecule has 1 nitrogen and oxygen atoms in total. The summed E-state index contributed by atoms with van der Waals surface area (Å²) in [6.45, 7) is 4.74. The minimum atomic E-state index is 0.549. The van der Waals surface area contributed by atoms with Gasteiger partial charge in [-0.3, -0.25) is 4.90 Å². The molecule has 0 aromatic heterocycles. The molecule has 12 heavy (non-hydrogen) atoms. The van der Waals surface area contributed by atoms with Crippen molar-refractivity contribution in [3.05, 3.63) is 0 Å². The Morgan fingerprint density at radius 2 is 2.08 bits per heavy atom. The maximum Gasteiger partial charge on any atom is 0.0533 e. The van der Waals surface area contributed by atoms with Crippen molar-refractivity contribution < 1.29 is 0 Å². The predicted molar refractivity (Wildman–Crippen MR) is 55.5 cm³/mol. The summed E-state index contributed by atoms with van der Waals surface area (Å²) in [6, 6.07) is 0. The molecule has 0 bridgehead atoms. The molecule has 0 N–H and O–H groups in total. The van der Waals surface area contributed by atoms with Gasteiger partial charge in [0.15, 0.2) is 0 Å². The lowest BCUT2D eigenvalue weighted by Gasteiger charge is -2.22. The fraction of sp³-hybridized carbons (Fsp3) is 1.00. The highest BCUT2D eigenvalue weighted by atomic mass is 32.1. The highest BCUT2D eigenvalue weighted by Crippen LogP contribution is 2.48. The summed E-state index contributed by atoms with van der Waals surface area (Å²) in [5.41, 5.74) is 0.683. The van der Waals surface area contributed by atoms with Gasteiger partial charge in [-0.2, -0.15) is 12.6 Å². The number of hydrogen-bond acceptors (Lipinski definition) is 2. The molecule has 0 amide bonds. The van der Waals surface area contributed by atoms with Gasteiger partial charge in [0, 0.05) is 6.54 Å². The molecule has 70 valence electrons. The summed E-state index contributed by atoms with van der Waals surface area (Å²) < 4.78 is 0. The SMILES string of the molecule is CCN1CC2(CCCC2)C[C@H]1S. The van der Waals surface area contributed by atoms with Gasteiger partial charge in [-0.15, -0.1) is 0 Å². The number of rotatable bonds is 1. The van der Waals surface area contributed by atoms with Crippen molar-refractivity contribution in [2.75, 3.05) is 13.1 Å². The summed E-state index contributed by atoms with van der Waals surface area (Å²) in [5, 5.41) is 0.549. The van der Waals surface area contributed by atoms with Gasteiger partial charge in [0.25, 0.3) is 0 Å². The zero-order valence-electron chi connectivity index (χ0n) is 7.92. The Morgan fingerprint density at radius 1 is 1.42 bits per heavy atom. The molecule has 1 atom stereocenters. The Morgan fingerprint density at radius 3 is 2.58 bits per heavy atom. The molecule has 1 aliphatic heterocycles. The molecular weight excluding hydrogens is 166 g/mol. The monoisotopic (exact) mass is 185 g/mol. The number of likely N-dealkylation sites (tertiary alicyclic amines) is 1. The van der Waals surface area contributed by atoms with Crippen LogP contribution in [0, 0.1) is 5.41 Å². The van der Waals surface area contributed by atoms with Crippen molar-refractivity contribution in [1.82, 2.24) is 4.90 Å². The van der Waals surface area contributed by atoms with Crippen molar-refractivity contribution in [3.63, 3.8) is 0 Å². The minimum absolute atomic E-state index is 0.549. The van der Waals surface area contributed by atoms with Crippen LogP contribution in [-0.4, -0.2) is 23.4 Å². The third-order valence-corrected chi connectivity index (χ3v) is 4.16. The van der Waals surface area contributed by atoms with Gasteiger partial charge in [-0.25, -0.2) is 0 Å². The lowest BCUT2D eigenvalue weighted by molar-refractivity contribution is 0.265. The van der Waals surface area contributed by atoms with Gasteiger partial charge in [-0.05, 0) is 31.2 Å². The van der Waals surface area contributed by atoms with Crippen LogP contribution in [0.4, 0.5) is 0 Å². The molecule has 2 aliphatic rings. The topological polar surface area (TPSA) is 3.24 Å². The lowest BCUT2D eigenvalue weighted by atomic mass is 9.85. The maximum atomic E-state index is 4.64. The molecule has 2 rings (SSSR count). The highest BCUT2D eigenvalue weighted by molar-refractivity contribution is 7.80. The average Bonchev–Trinajstić information content (AvgIpc) is 2.60. The standard InChI is InChI=1S/C10H19NS/c1-2-11-8-10(7-9(11)12)5-3-4-6-10/h9,12H,2-8H2,1H3/t9-/m1/s1.